The lowest BCUT2D eigenvalue weighted by atomic mass is 10.1. The Hall–Kier alpha value is -2.04. The van der Waals surface area contributed by atoms with Crippen molar-refractivity contribution >= 4 is 17.6 Å². The molecule has 1 amide bonds. The Kier molecular flexibility index (Phi) is 5.36. The molecule has 0 bridgehead atoms. The van der Waals surface area contributed by atoms with Gasteiger partial charge >= 0.3 is 5.97 Å². The molecule has 0 aliphatic carbocycles. The van der Waals surface area contributed by atoms with Crippen molar-refractivity contribution < 1.29 is 19.4 Å². The van der Waals surface area contributed by atoms with Crippen LogP contribution in [0.25, 0.3) is 0 Å². The fraction of sp³-hybridized carbons (Fsp3) is 0.429. The summed E-state index contributed by atoms with van der Waals surface area (Å²) in [6, 6.07) is 7.03. The van der Waals surface area contributed by atoms with Crippen LogP contribution in [-0.4, -0.2) is 30.1 Å². The molecule has 0 spiro atoms. The van der Waals surface area contributed by atoms with E-state index in [0.717, 1.165) is 5.75 Å². The van der Waals surface area contributed by atoms with Gasteiger partial charge in [0.15, 0.2) is 0 Å². The summed E-state index contributed by atoms with van der Waals surface area (Å²) >= 11 is 0. The number of carboxylic acid groups (broad SMARTS) is 1. The highest BCUT2D eigenvalue weighted by molar-refractivity contribution is 5.92. The first kappa shape index (κ1) is 15.0. The van der Waals surface area contributed by atoms with E-state index in [0.29, 0.717) is 12.3 Å². The van der Waals surface area contributed by atoms with Crippen molar-refractivity contribution in [3.05, 3.63) is 24.3 Å². The van der Waals surface area contributed by atoms with Crippen LogP contribution in [0.5, 0.6) is 5.75 Å². The molecule has 104 valence electrons. The Morgan fingerprint density at radius 1 is 1.32 bits per heavy atom. The second-order valence-electron chi connectivity index (χ2n) is 4.30. The Morgan fingerprint density at radius 2 is 1.89 bits per heavy atom. The summed E-state index contributed by atoms with van der Waals surface area (Å²) in [5.41, 5.74) is 0.670. The fourth-order valence-corrected chi connectivity index (χ4v) is 1.66. The van der Waals surface area contributed by atoms with Gasteiger partial charge in [0.1, 0.15) is 5.75 Å². The van der Waals surface area contributed by atoms with Crippen LogP contribution < -0.4 is 9.64 Å². The SMILES string of the molecule is CCOc1ccc(N(CC(C)C(=O)O)C(C)=O)cc1. The van der Waals surface area contributed by atoms with Crippen LogP contribution in [0.4, 0.5) is 5.69 Å². The molecule has 5 nitrogen and oxygen atoms in total. The molecule has 0 fully saturated rings. The molecule has 0 saturated carbocycles. The van der Waals surface area contributed by atoms with Crippen LogP contribution in [0.3, 0.4) is 0 Å². The fourth-order valence-electron chi connectivity index (χ4n) is 1.66. The lowest BCUT2D eigenvalue weighted by molar-refractivity contribution is -0.140. The maximum absolute atomic E-state index is 11.6. The van der Waals surface area contributed by atoms with Crippen molar-refractivity contribution in [1.29, 1.82) is 0 Å². The van der Waals surface area contributed by atoms with Crippen molar-refractivity contribution in [3.8, 4) is 5.75 Å². The number of hydrogen-bond donors (Lipinski definition) is 1. The van der Waals surface area contributed by atoms with Crippen molar-refractivity contribution in [2.45, 2.75) is 20.8 Å². The van der Waals surface area contributed by atoms with Crippen LogP contribution in [-0.2, 0) is 9.59 Å². The van der Waals surface area contributed by atoms with E-state index < -0.39 is 11.9 Å². The monoisotopic (exact) mass is 265 g/mol. The van der Waals surface area contributed by atoms with Crippen molar-refractivity contribution in [2.75, 3.05) is 18.1 Å². The highest BCUT2D eigenvalue weighted by Gasteiger charge is 2.19. The smallest absolute Gasteiger partial charge is 0.308 e. The van der Waals surface area contributed by atoms with E-state index in [9.17, 15) is 9.59 Å². The minimum atomic E-state index is -0.919. The first-order valence-electron chi connectivity index (χ1n) is 6.19. The molecule has 0 saturated heterocycles. The number of aliphatic carboxylic acids is 1. The first-order valence-corrected chi connectivity index (χ1v) is 6.19. The molecule has 1 aromatic carbocycles. The van der Waals surface area contributed by atoms with Crippen LogP contribution in [0.1, 0.15) is 20.8 Å². The molecule has 0 heterocycles. The van der Waals surface area contributed by atoms with E-state index in [1.54, 1.807) is 31.2 Å². The number of carbonyl (C=O) groups is 2. The zero-order chi connectivity index (χ0) is 14.4. The van der Waals surface area contributed by atoms with E-state index in [4.69, 9.17) is 9.84 Å². The molecule has 0 radical (unpaired) electrons. The Balaban J connectivity index is 2.87. The summed E-state index contributed by atoms with van der Waals surface area (Å²) in [4.78, 5) is 23.9. The lowest BCUT2D eigenvalue weighted by Gasteiger charge is -2.23. The van der Waals surface area contributed by atoms with Gasteiger partial charge in [0.25, 0.3) is 0 Å². The quantitative estimate of drug-likeness (QED) is 0.856. The number of amides is 1. The number of hydrogen-bond acceptors (Lipinski definition) is 3. The first-order chi connectivity index (χ1) is 8.95. The van der Waals surface area contributed by atoms with E-state index >= 15 is 0 Å². The van der Waals surface area contributed by atoms with Crippen LogP contribution >= 0.6 is 0 Å². The average Bonchev–Trinajstić information content (AvgIpc) is 2.36. The third-order valence-electron chi connectivity index (χ3n) is 2.72. The highest BCUT2D eigenvalue weighted by atomic mass is 16.5. The molecule has 19 heavy (non-hydrogen) atoms. The largest absolute Gasteiger partial charge is 0.494 e. The average molecular weight is 265 g/mol. The van der Waals surface area contributed by atoms with Gasteiger partial charge in [-0.1, -0.05) is 6.92 Å². The molecular weight excluding hydrogens is 246 g/mol. The Bertz CT molecular complexity index is 441. The second kappa shape index (κ2) is 6.78. The number of nitrogens with zero attached hydrogens (tertiary/aromatic N) is 1. The van der Waals surface area contributed by atoms with Gasteiger partial charge < -0.3 is 14.7 Å². The molecule has 0 aliphatic heterocycles. The van der Waals surface area contributed by atoms with Gasteiger partial charge in [0.2, 0.25) is 5.91 Å². The van der Waals surface area contributed by atoms with Gasteiger partial charge in [-0.05, 0) is 31.2 Å². The number of carbonyl (C=O) groups excluding carboxylic acids is 1. The number of carboxylic acids is 1. The van der Waals surface area contributed by atoms with Crippen molar-refractivity contribution in [2.24, 2.45) is 5.92 Å². The zero-order valence-electron chi connectivity index (χ0n) is 11.4. The van der Waals surface area contributed by atoms with E-state index in [-0.39, 0.29) is 12.5 Å². The predicted octanol–water partition coefficient (Wildman–Crippen LogP) is 2.16. The third-order valence-corrected chi connectivity index (χ3v) is 2.72. The molecular formula is C14H19NO4. The Labute approximate surface area is 112 Å². The maximum Gasteiger partial charge on any atom is 0.308 e. The summed E-state index contributed by atoms with van der Waals surface area (Å²) in [5, 5.41) is 8.92. The molecule has 0 aromatic heterocycles. The molecule has 1 atom stereocenters. The molecule has 0 aliphatic rings. The highest BCUT2D eigenvalue weighted by Crippen LogP contribution is 2.20. The number of ether oxygens (including phenoxy) is 1. The molecule has 1 aromatic rings. The lowest BCUT2D eigenvalue weighted by Crippen LogP contribution is -2.35. The summed E-state index contributed by atoms with van der Waals surface area (Å²) in [6.45, 7) is 5.62. The number of benzene rings is 1. The second-order valence-corrected chi connectivity index (χ2v) is 4.30. The van der Waals surface area contributed by atoms with Crippen molar-refractivity contribution in [1.82, 2.24) is 0 Å². The maximum atomic E-state index is 11.6. The molecule has 5 heteroatoms. The third kappa shape index (κ3) is 4.28. The van der Waals surface area contributed by atoms with Gasteiger partial charge in [-0.2, -0.15) is 0 Å². The van der Waals surface area contributed by atoms with Crippen molar-refractivity contribution in [3.63, 3.8) is 0 Å². The van der Waals surface area contributed by atoms with Gasteiger partial charge in [-0.15, -0.1) is 0 Å². The minimum absolute atomic E-state index is 0.151. The normalized spacial score (nSPS) is 11.7. The van der Waals surface area contributed by atoms with E-state index in [1.807, 2.05) is 6.92 Å². The molecule has 1 unspecified atom stereocenters. The molecule has 1 N–H and O–H groups in total. The van der Waals surface area contributed by atoms with Gasteiger partial charge in [-0.25, -0.2) is 0 Å². The van der Waals surface area contributed by atoms with E-state index in [1.165, 1.54) is 11.8 Å². The topological polar surface area (TPSA) is 66.8 Å². The summed E-state index contributed by atoms with van der Waals surface area (Å²) in [6.07, 6.45) is 0. The van der Waals surface area contributed by atoms with Gasteiger partial charge in [0, 0.05) is 19.2 Å². The minimum Gasteiger partial charge on any atom is -0.494 e. The van der Waals surface area contributed by atoms with Gasteiger partial charge in [0.05, 0.1) is 12.5 Å². The summed E-state index contributed by atoms with van der Waals surface area (Å²) < 4.78 is 5.32. The zero-order valence-corrected chi connectivity index (χ0v) is 11.4. The predicted molar refractivity (Wildman–Crippen MR) is 72.4 cm³/mol. The standard InChI is InChI=1S/C14H19NO4/c1-4-19-13-7-5-12(6-8-13)15(11(3)16)9-10(2)14(17)18/h5-8,10H,4,9H2,1-3H3,(H,17,18). The van der Waals surface area contributed by atoms with E-state index in [2.05, 4.69) is 0 Å². The summed E-state index contributed by atoms with van der Waals surface area (Å²) in [7, 11) is 0. The Morgan fingerprint density at radius 3 is 2.32 bits per heavy atom. The van der Waals surface area contributed by atoms with Gasteiger partial charge in [-0.3, -0.25) is 9.59 Å². The van der Waals surface area contributed by atoms with Crippen LogP contribution in [0.15, 0.2) is 24.3 Å². The number of anilines is 1. The summed E-state index contributed by atoms with van der Waals surface area (Å²) in [5.74, 6) is -0.994. The molecule has 1 rings (SSSR count). The van der Waals surface area contributed by atoms with Crippen LogP contribution in [0, 0.1) is 5.92 Å². The number of rotatable bonds is 6. The van der Waals surface area contributed by atoms with Crippen LogP contribution in [0.2, 0.25) is 0 Å².